The Morgan fingerprint density at radius 2 is 1.86 bits per heavy atom. The molecule has 0 aliphatic heterocycles. The van der Waals surface area contributed by atoms with Gasteiger partial charge >= 0.3 is 6.18 Å². The SMILES string of the molecule is O=C(CCNc1ccc(C(F)(F)F)cc1)NCc1ccco1. The van der Waals surface area contributed by atoms with Gasteiger partial charge in [0.05, 0.1) is 18.4 Å². The molecule has 2 rings (SSSR count). The van der Waals surface area contributed by atoms with Crippen LogP contribution < -0.4 is 10.6 Å². The van der Waals surface area contributed by atoms with Crippen molar-refractivity contribution < 1.29 is 22.4 Å². The predicted molar refractivity (Wildman–Crippen MR) is 75.1 cm³/mol. The van der Waals surface area contributed by atoms with Crippen LogP contribution in [0.25, 0.3) is 0 Å². The summed E-state index contributed by atoms with van der Waals surface area (Å²) >= 11 is 0. The Labute approximate surface area is 125 Å². The summed E-state index contributed by atoms with van der Waals surface area (Å²) in [5.41, 5.74) is -0.166. The molecule has 4 nitrogen and oxygen atoms in total. The number of furan rings is 1. The van der Waals surface area contributed by atoms with Crippen LogP contribution in [0.4, 0.5) is 18.9 Å². The van der Waals surface area contributed by atoms with Crippen LogP contribution in [-0.2, 0) is 17.5 Å². The number of hydrogen-bond acceptors (Lipinski definition) is 3. The molecule has 2 N–H and O–H groups in total. The minimum Gasteiger partial charge on any atom is -0.467 e. The van der Waals surface area contributed by atoms with Gasteiger partial charge in [-0.15, -0.1) is 0 Å². The summed E-state index contributed by atoms with van der Waals surface area (Å²) in [6, 6.07) is 8.15. The lowest BCUT2D eigenvalue weighted by Crippen LogP contribution is -2.24. The topological polar surface area (TPSA) is 54.3 Å². The first kappa shape index (κ1) is 15.9. The van der Waals surface area contributed by atoms with Crippen molar-refractivity contribution in [2.45, 2.75) is 19.1 Å². The minimum absolute atomic E-state index is 0.171. The van der Waals surface area contributed by atoms with E-state index in [4.69, 9.17) is 4.42 Å². The third-order valence-corrected chi connectivity index (χ3v) is 2.93. The third-order valence-electron chi connectivity index (χ3n) is 2.93. The molecule has 2 aromatic rings. The number of carbonyl (C=O) groups excluding carboxylic acids is 1. The van der Waals surface area contributed by atoms with Gasteiger partial charge in [-0.2, -0.15) is 13.2 Å². The first-order chi connectivity index (χ1) is 10.4. The number of carbonyl (C=O) groups is 1. The van der Waals surface area contributed by atoms with Crippen LogP contribution in [-0.4, -0.2) is 12.5 Å². The molecule has 0 atom stereocenters. The van der Waals surface area contributed by atoms with E-state index in [1.807, 2.05) is 0 Å². The maximum absolute atomic E-state index is 12.4. The van der Waals surface area contributed by atoms with E-state index in [2.05, 4.69) is 10.6 Å². The van der Waals surface area contributed by atoms with Gasteiger partial charge in [-0.05, 0) is 36.4 Å². The second-order valence-electron chi connectivity index (χ2n) is 4.61. The second kappa shape index (κ2) is 7.02. The molecule has 22 heavy (non-hydrogen) atoms. The van der Waals surface area contributed by atoms with Crippen molar-refractivity contribution in [1.82, 2.24) is 5.32 Å². The Hall–Kier alpha value is -2.44. The molecule has 7 heteroatoms. The van der Waals surface area contributed by atoms with E-state index in [1.165, 1.54) is 18.4 Å². The molecule has 118 valence electrons. The summed E-state index contributed by atoms with van der Waals surface area (Å²) in [6.45, 7) is 0.640. The Kier molecular flexibility index (Phi) is 5.08. The first-order valence-corrected chi connectivity index (χ1v) is 6.65. The van der Waals surface area contributed by atoms with Crippen molar-refractivity contribution in [3.8, 4) is 0 Å². The molecule has 1 aromatic carbocycles. The Balaban J connectivity index is 1.70. The van der Waals surface area contributed by atoms with Crippen LogP contribution in [0.2, 0.25) is 0 Å². The van der Waals surface area contributed by atoms with Gasteiger partial charge in [0.1, 0.15) is 5.76 Å². The highest BCUT2D eigenvalue weighted by molar-refractivity contribution is 5.76. The number of alkyl halides is 3. The van der Waals surface area contributed by atoms with Gasteiger partial charge in [0, 0.05) is 18.7 Å². The second-order valence-corrected chi connectivity index (χ2v) is 4.61. The number of amides is 1. The predicted octanol–water partition coefficient (Wildman–Crippen LogP) is 3.42. The minimum atomic E-state index is -4.34. The summed E-state index contributed by atoms with van der Waals surface area (Å²) in [5, 5.41) is 5.57. The molecule has 0 unspecified atom stereocenters. The molecule has 0 bridgehead atoms. The molecular formula is C15H15F3N2O2. The standard InChI is InChI=1S/C15H15F3N2O2/c16-15(17,18)11-3-5-12(6-4-11)19-8-7-14(21)20-10-13-2-1-9-22-13/h1-6,9,19H,7-8,10H2,(H,20,21). The fraction of sp³-hybridized carbons (Fsp3) is 0.267. The van der Waals surface area contributed by atoms with Crippen molar-refractivity contribution in [2.24, 2.45) is 0 Å². The van der Waals surface area contributed by atoms with Crippen molar-refractivity contribution in [2.75, 3.05) is 11.9 Å². The Morgan fingerprint density at radius 3 is 2.45 bits per heavy atom. The van der Waals surface area contributed by atoms with Gasteiger partial charge in [-0.25, -0.2) is 0 Å². The summed E-state index contributed by atoms with van der Waals surface area (Å²) in [5.74, 6) is 0.486. The number of benzene rings is 1. The zero-order chi connectivity index (χ0) is 16.0. The molecule has 0 aliphatic carbocycles. The molecular weight excluding hydrogens is 297 g/mol. The van der Waals surface area contributed by atoms with E-state index in [0.29, 0.717) is 24.5 Å². The van der Waals surface area contributed by atoms with Crippen molar-refractivity contribution in [3.05, 3.63) is 54.0 Å². The smallest absolute Gasteiger partial charge is 0.416 e. The number of halogens is 3. The molecule has 0 spiro atoms. The van der Waals surface area contributed by atoms with Crippen LogP contribution in [0.1, 0.15) is 17.7 Å². The van der Waals surface area contributed by atoms with Crippen LogP contribution in [0.15, 0.2) is 47.1 Å². The number of nitrogens with one attached hydrogen (secondary N) is 2. The third kappa shape index (κ3) is 4.83. The molecule has 0 fully saturated rings. The normalized spacial score (nSPS) is 11.2. The molecule has 1 aromatic heterocycles. The summed E-state index contributed by atoms with van der Waals surface area (Å²) in [6.07, 6.45) is -2.61. The highest BCUT2D eigenvalue weighted by Crippen LogP contribution is 2.29. The van der Waals surface area contributed by atoms with Gasteiger partial charge < -0.3 is 15.1 Å². The van der Waals surface area contributed by atoms with Crippen molar-refractivity contribution >= 4 is 11.6 Å². The van der Waals surface area contributed by atoms with E-state index in [9.17, 15) is 18.0 Å². The van der Waals surface area contributed by atoms with Crippen LogP contribution in [0.5, 0.6) is 0 Å². The van der Waals surface area contributed by atoms with Gasteiger partial charge in [0.2, 0.25) is 5.91 Å². The van der Waals surface area contributed by atoms with E-state index in [0.717, 1.165) is 12.1 Å². The van der Waals surface area contributed by atoms with Crippen LogP contribution >= 0.6 is 0 Å². The number of hydrogen-bond donors (Lipinski definition) is 2. The van der Waals surface area contributed by atoms with Crippen LogP contribution in [0.3, 0.4) is 0 Å². The molecule has 0 radical (unpaired) electrons. The lowest BCUT2D eigenvalue weighted by molar-refractivity contribution is -0.137. The van der Waals surface area contributed by atoms with Crippen molar-refractivity contribution in [3.63, 3.8) is 0 Å². The highest BCUT2D eigenvalue weighted by Gasteiger charge is 2.29. The summed E-state index contributed by atoms with van der Waals surface area (Å²) in [4.78, 5) is 11.6. The average Bonchev–Trinajstić information content (AvgIpc) is 2.98. The molecule has 1 amide bonds. The summed E-state index contributed by atoms with van der Waals surface area (Å²) < 4.78 is 42.3. The number of anilines is 1. The van der Waals surface area contributed by atoms with E-state index in [-0.39, 0.29) is 12.3 Å². The van der Waals surface area contributed by atoms with E-state index < -0.39 is 11.7 Å². The van der Waals surface area contributed by atoms with E-state index in [1.54, 1.807) is 12.1 Å². The largest absolute Gasteiger partial charge is 0.467 e. The van der Waals surface area contributed by atoms with Gasteiger partial charge in [0.25, 0.3) is 0 Å². The maximum Gasteiger partial charge on any atom is 0.416 e. The number of rotatable bonds is 6. The van der Waals surface area contributed by atoms with E-state index >= 15 is 0 Å². The Morgan fingerprint density at radius 1 is 1.14 bits per heavy atom. The lowest BCUT2D eigenvalue weighted by atomic mass is 10.2. The van der Waals surface area contributed by atoms with Gasteiger partial charge in [0.15, 0.2) is 0 Å². The quantitative estimate of drug-likeness (QED) is 0.859. The fourth-order valence-corrected chi connectivity index (χ4v) is 1.78. The van der Waals surface area contributed by atoms with Crippen LogP contribution in [0, 0.1) is 0 Å². The molecule has 0 saturated carbocycles. The zero-order valence-corrected chi connectivity index (χ0v) is 11.6. The molecule has 0 aliphatic rings. The maximum atomic E-state index is 12.4. The lowest BCUT2D eigenvalue weighted by Gasteiger charge is -2.09. The summed E-state index contributed by atoms with van der Waals surface area (Å²) in [7, 11) is 0. The first-order valence-electron chi connectivity index (χ1n) is 6.65. The monoisotopic (exact) mass is 312 g/mol. The molecule has 1 heterocycles. The zero-order valence-electron chi connectivity index (χ0n) is 11.6. The van der Waals surface area contributed by atoms with Gasteiger partial charge in [-0.1, -0.05) is 0 Å². The molecule has 0 saturated heterocycles. The Bertz CT molecular complexity index is 592. The highest BCUT2D eigenvalue weighted by atomic mass is 19.4. The average molecular weight is 312 g/mol. The van der Waals surface area contributed by atoms with Gasteiger partial charge in [-0.3, -0.25) is 4.79 Å². The fourth-order valence-electron chi connectivity index (χ4n) is 1.78. The van der Waals surface area contributed by atoms with Crippen molar-refractivity contribution in [1.29, 1.82) is 0 Å².